The highest BCUT2D eigenvalue weighted by Crippen LogP contribution is 2.18. The SMILES string of the molecule is CN(C)CCNCCCOc1ccc(OCc2ccccc2)cc1.Cl. The van der Waals surface area contributed by atoms with Crippen molar-refractivity contribution in [1.29, 1.82) is 0 Å². The van der Waals surface area contributed by atoms with Crippen molar-refractivity contribution in [3.05, 3.63) is 60.2 Å². The highest BCUT2D eigenvalue weighted by atomic mass is 35.5. The van der Waals surface area contributed by atoms with Crippen LogP contribution in [0, 0.1) is 0 Å². The Balaban J connectivity index is 0.00000312. The van der Waals surface area contributed by atoms with Crippen LogP contribution in [0.5, 0.6) is 11.5 Å². The Kier molecular flexibility index (Phi) is 10.7. The molecule has 0 bridgehead atoms. The zero-order valence-corrected chi connectivity index (χ0v) is 15.9. The molecule has 0 spiro atoms. The summed E-state index contributed by atoms with van der Waals surface area (Å²) in [6.07, 6.45) is 1.000. The van der Waals surface area contributed by atoms with Crippen molar-refractivity contribution in [2.24, 2.45) is 0 Å². The normalized spacial score (nSPS) is 10.4. The monoisotopic (exact) mass is 364 g/mol. The Labute approximate surface area is 157 Å². The van der Waals surface area contributed by atoms with E-state index in [4.69, 9.17) is 9.47 Å². The minimum atomic E-state index is 0. The second kappa shape index (κ2) is 12.6. The largest absolute Gasteiger partial charge is 0.494 e. The summed E-state index contributed by atoms with van der Waals surface area (Å²) >= 11 is 0. The van der Waals surface area contributed by atoms with Crippen LogP contribution in [0.15, 0.2) is 54.6 Å². The van der Waals surface area contributed by atoms with Gasteiger partial charge in [0.15, 0.2) is 0 Å². The number of benzene rings is 2. The molecule has 0 saturated heterocycles. The summed E-state index contributed by atoms with van der Waals surface area (Å²) in [7, 11) is 4.16. The number of nitrogens with one attached hydrogen (secondary N) is 1. The Morgan fingerprint density at radius 1 is 0.840 bits per heavy atom. The smallest absolute Gasteiger partial charge is 0.120 e. The number of hydrogen-bond donors (Lipinski definition) is 1. The molecule has 0 aliphatic heterocycles. The summed E-state index contributed by atoms with van der Waals surface area (Å²) < 4.78 is 11.5. The fourth-order valence-electron chi connectivity index (χ4n) is 2.19. The lowest BCUT2D eigenvalue weighted by atomic mass is 10.2. The number of hydrogen-bond acceptors (Lipinski definition) is 4. The van der Waals surface area contributed by atoms with E-state index in [1.807, 2.05) is 42.5 Å². The van der Waals surface area contributed by atoms with E-state index in [1.54, 1.807) is 0 Å². The van der Waals surface area contributed by atoms with E-state index in [0.29, 0.717) is 6.61 Å². The first-order valence-electron chi connectivity index (χ1n) is 8.49. The molecular weight excluding hydrogens is 336 g/mol. The molecule has 0 saturated carbocycles. The molecule has 0 unspecified atom stereocenters. The average Bonchev–Trinajstić information content (AvgIpc) is 2.61. The standard InChI is InChI=1S/C20H28N2O2.ClH/c1-22(2)15-14-21-13-6-16-23-19-9-11-20(12-10-19)24-17-18-7-4-3-5-8-18;/h3-5,7-12,21H,6,13-17H2,1-2H3;1H. The molecule has 0 amide bonds. The summed E-state index contributed by atoms with van der Waals surface area (Å²) in [5.74, 6) is 1.74. The lowest BCUT2D eigenvalue weighted by Crippen LogP contribution is -2.27. The van der Waals surface area contributed by atoms with Crippen molar-refractivity contribution >= 4 is 12.4 Å². The van der Waals surface area contributed by atoms with Crippen LogP contribution in [-0.2, 0) is 6.61 Å². The number of nitrogens with zero attached hydrogens (tertiary/aromatic N) is 1. The van der Waals surface area contributed by atoms with Crippen LogP contribution in [0.4, 0.5) is 0 Å². The Morgan fingerprint density at radius 2 is 1.48 bits per heavy atom. The van der Waals surface area contributed by atoms with E-state index in [9.17, 15) is 0 Å². The Morgan fingerprint density at radius 3 is 2.12 bits per heavy atom. The maximum absolute atomic E-state index is 5.77. The third-order valence-electron chi connectivity index (χ3n) is 3.57. The molecule has 0 atom stereocenters. The molecule has 25 heavy (non-hydrogen) atoms. The predicted octanol–water partition coefficient (Wildman–Crippen LogP) is 3.61. The highest BCUT2D eigenvalue weighted by molar-refractivity contribution is 5.85. The predicted molar refractivity (Wildman–Crippen MR) is 106 cm³/mol. The van der Waals surface area contributed by atoms with Gasteiger partial charge in [-0.3, -0.25) is 0 Å². The molecule has 2 rings (SSSR count). The number of halogens is 1. The van der Waals surface area contributed by atoms with E-state index in [-0.39, 0.29) is 12.4 Å². The van der Waals surface area contributed by atoms with Crippen LogP contribution in [-0.4, -0.2) is 45.2 Å². The molecule has 0 aliphatic carbocycles. The zero-order chi connectivity index (χ0) is 17.0. The summed E-state index contributed by atoms with van der Waals surface area (Å²) in [6, 6.07) is 18.0. The van der Waals surface area contributed by atoms with Gasteiger partial charge in [-0.1, -0.05) is 30.3 Å². The van der Waals surface area contributed by atoms with Crippen LogP contribution < -0.4 is 14.8 Å². The van der Waals surface area contributed by atoms with E-state index in [0.717, 1.165) is 44.2 Å². The first kappa shape index (κ1) is 21.3. The van der Waals surface area contributed by atoms with Gasteiger partial charge in [0.25, 0.3) is 0 Å². The van der Waals surface area contributed by atoms with E-state index in [1.165, 1.54) is 5.56 Å². The average molecular weight is 365 g/mol. The van der Waals surface area contributed by atoms with Crippen LogP contribution in [0.1, 0.15) is 12.0 Å². The lowest BCUT2D eigenvalue weighted by Gasteiger charge is -2.11. The topological polar surface area (TPSA) is 33.7 Å². The quantitative estimate of drug-likeness (QED) is 0.617. The van der Waals surface area contributed by atoms with Crippen molar-refractivity contribution in [3.63, 3.8) is 0 Å². The molecule has 0 radical (unpaired) electrons. The van der Waals surface area contributed by atoms with Gasteiger partial charge in [0.1, 0.15) is 18.1 Å². The molecule has 5 heteroatoms. The fraction of sp³-hybridized carbons (Fsp3) is 0.400. The number of rotatable bonds is 11. The van der Waals surface area contributed by atoms with Crippen molar-refractivity contribution in [2.45, 2.75) is 13.0 Å². The Hall–Kier alpha value is -1.75. The minimum absolute atomic E-state index is 0. The molecular formula is C20H29ClN2O2. The molecule has 2 aromatic carbocycles. The van der Waals surface area contributed by atoms with Crippen molar-refractivity contribution < 1.29 is 9.47 Å². The molecule has 4 nitrogen and oxygen atoms in total. The van der Waals surface area contributed by atoms with Gasteiger partial charge in [-0.25, -0.2) is 0 Å². The van der Waals surface area contributed by atoms with Gasteiger partial charge in [0, 0.05) is 13.1 Å². The number of ether oxygens (including phenoxy) is 2. The maximum atomic E-state index is 5.77. The zero-order valence-electron chi connectivity index (χ0n) is 15.1. The molecule has 0 fully saturated rings. The van der Waals surface area contributed by atoms with Crippen LogP contribution >= 0.6 is 12.4 Å². The molecule has 1 N–H and O–H groups in total. The van der Waals surface area contributed by atoms with Crippen LogP contribution in [0.2, 0.25) is 0 Å². The third kappa shape index (κ3) is 9.34. The fourth-order valence-corrected chi connectivity index (χ4v) is 2.19. The summed E-state index contributed by atoms with van der Waals surface area (Å²) in [6.45, 7) is 4.36. The lowest BCUT2D eigenvalue weighted by molar-refractivity contribution is 0.297. The van der Waals surface area contributed by atoms with Gasteiger partial charge in [-0.15, -0.1) is 12.4 Å². The maximum Gasteiger partial charge on any atom is 0.120 e. The van der Waals surface area contributed by atoms with E-state index in [2.05, 4.69) is 36.4 Å². The van der Waals surface area contributed by atoms with Crippen LogP contribution in [0.25, 0.3) is 0 Å². The van der Waals surface area contributed by atoms with Gasteiger partial charge in [0.2, 0.25) is 0 Å². The van der Waals surface area contributed by atoms with Gasteiger partial charge < -0.3 is 19.7 Å². The van der Waals surface area contributed by atoms with E-state index >= 15 is 0 Å². The van der Waals surface area contributed by atoms with Gasteiger partial charge >= 0.3 is 0 Å². The molecule has 0 aromatic heterocycles. The molecule has 138 valence electrons. The van der Waals surface area contributed by atoms with Crippen LogP contribution in [0.3, 0.4) is 0 Å². The minimum Gasteiger partial charge on any atom is -0.494 e. The number of likely N-dealkylation sites (N-methyl/N-ethyl adjacent to an activating group) is 1. The Bertz CT molecular complexity index is 562. The van der Waals surface area contributed by atoms with Gasteiger partial charge in [0.05, 0.1) is 6.61 Å². The second-order valence-corrected chi connectivity index (χ2v) is 6.00. The first-order chi connectivity index (χ1) is 11.7. The van der Waals surface area contributed by atoms with Crippen molar-refractivity contribution in [2.75, 3.05) is 40.3 Å². The summed E-state index contributed by atoms with van der Waals surface area (Å²) in [5.41, 5.74) is 1.17. The van der Waals surface area contributed by atoms with Crippen molar-refractivity contribution in [3.8, 4) is 11.5 Å². The third-order valence-corrected chi connectivity index (χ3v) is 3.57. The van der Waals surface area contributed by atoms with Gasteiger partial charge in [-0.2, -0.15) is 0 Å². The summed E-state index contributed by atoms with van der Waals surface area (Å²) in [4.78, 5) is 2.17. The first-order valence-corrected chi connectivity index (χ1v) is 8.49. The molecule has 2 aromatic rings. The van der Waals surface area contributed by atoms with E-state index < -0.39 is 0 Å². The second-order valence-electron chi connectivity index (χ2n) is 6.00. The van der Waals surface area contributed by atoms with Gasteiger partial charge in [-0.05, 0) is 56.9 Å². The van der Waals surface area contributed by atoms with Crippen molar-refractivity contribution in [1.82, 2.24) is 10.2 Å². The molecule has 0 heterocycles. The highest BCUT2D eigenvalue weighted by Gasteiger charge is 1.98. The summed E-state index contributed by atoms with van der Waals surface area (Å²) in [5, 5.41) is 3.40. The molecule has 0 aliphatic rings.